The maximum atomic E-state index is 10.6. The SMILES string of the molecule is O=Cc1cc2nc[nH]c2cc1I. The molecule has 2 rings (SSSR count). The molecule has 0 saturated heterocycles. The third-order valence-electron chi connectivity index (χ3n) is 1.67. The molecule has 1 aromatic carbocycles. The van der Waals surface area contributed by atoms with Gasteiger partial charge in [-0.3, -0.25) is 4.79 Å². The van der Waals surface area contributed by atoms with E-state index in [0.29, 0.717) is 5.56 Å². The van der Waals surface area contributed by atoms with Crippen molar-refractivity contribution in [3.63, 3.8) is 0 Å². The number of hydrogen-bond acceptors (Lipinski definition) is 2. The number of benzene rings is 1. The Balaban J connectivity index is 2.81. The molecule has 2 aromatic rings. The van der Waals surface area contributed by atoms with E-state index in [-0.39, 0.29) is 0 Å². The number of fused-ring (bicyclic) bond motifs is 1. The van der Waals surface area contributed by atoms with E-state index in [1.165, 1.54) is 0 Å². The molecule has 12 heavy (non-hydrogen) atoms. The van der Waals surface area contributed by atoms with Crippen LogP contribution in [0.25, 0.3) is 11.0 Å². The molecule has 0 aliphatic heterocycles. The molecule has 60 valence electrons. The lowest BCUT2D eigenvalue weighted by Crippen LogP contribution is -1.85. The first-order valence-corrected chi connectivity index (χ1v) is 4.47. The van der Waals surface area contributed by atoms with Crippen molar-refractivity contribution < 1.29 is 4.79 Å². The van der Waals surface area contributed by atoms with E-state index >= 15 is 0 Å². The van der Waals surface area contributed by atoms with Crippen molar-refractivity contribution in [1.82, 2.24) is 9.97 Å². The first-order chi connectivity index (χ1) is 5.81. The van der Waals surface area contributed by atoms with E-state index in [9.17, 15) is 4.79 Å². The molecule has 0 spiro atoms. The van der Waals surface area contributed by atoms with E-state index in [1.54, 1.807) is 12.4 Å². The Bertz CT molecular complexity index is 436. The molecule has 1 aromatic heterocycles. The van der Waals surface area contributed by atoms with Crippen LogP contribution in [-0.4, -0.2) is 16.3 Å². The minimum absolute atomic E-state index is 0.690. The van der Waals surface area contributed by atoms with Gasteiger partial charge in [-0.1, -0.05) is 0 Å². The van der Waals surface area contributed by atoms with Gasteiger partial charge in [0.05, 0.1) is 17.4 Å². The Morgan fingerprint density at radius 3 is 3.08 bits per heavy atom. The van der Waals surface area contributed by atoms with Crippen LogP contribution < -0.4 is 0 Å². The van der Waals surface area contributed by atoms with Crippen LogP contribution in [0.5, 0.6) is 0 Å². The van der Waals surface area contributed by atoms with Crippen LogP contribution in [0.4, 0.5) is 0 Å². The number of carbonyl (C=O) groups excluding carboxylic acids is 1. The normalized spacial score (nSPS) is 10.4. The third kappa shape index (κ3) is 1.12. The Labute approximate surface area is 82.3 Å². The lowest BCUT2D eigenvalue weighted by atomic mass is 10.2. The summed E-state index contributed by atoms with van der Waals surface area (Å²) in [6.07, 6.45) is 2.46. The van der Waals surface area contributed by atoms with Gasteiger partial charge in [0.25, 0.3) is 0 Å². The van der Waals surface area contributed by atoms with Crippen LogP contribution >= 0.6 is 22.6 Å². The lowest BCUT2D eigenvalue weighted by molar-refractivity contribution is 0.112. The summed E-state index contributed by atoms with van der Waals surface area (Å²) in [7, 11) is 0. The highest BCUT2D eigenvalue weighted by Crippen LogP contribution is 2.17. The molecule has 4 heteroatoms. The third-order valence-corrected chi connectivity index (χ3v) is 2.60. The molecule has 0 radical (unpaired) electrons. The zero-order valence-corrected chi connectivity index (χ0v) is 8.20. The molecule has 0 aliphatic rings. The average molecular weight is 272 g/mol. The molecule has 0 amide bonds. The van der Waals surface area contributed by atoms with E-state index in [2.05, 4.69) is 32.6 Å². The number of carbonyl (C=O) groups is 1. The number of H-pyrrole nitrogens is 1. The summed E-state index contributed by atoms with van der Waals surface area (Å²) in [5.41, 5.74) is 2.48. The van der Waals surface area contributed by atoms with E-state index < -0.39 is 0 Å². The second kappa shape index (κ2) is 2.85. The quantitative estimate of drug-likeness (QED) is 0.637. The van der Waals surface area contributed by atoms with Gasteiger partial charge >= 0.3 is 0 Å². The summed E-state index contributed by atoms with van der Waals surface area (Å²) < 4.78 is 0.944. The number of hydrogen-bond donors (Lipinski definition) is 1. The first-order valence-electron chi connectivity index (χ1n) is 3.39. The van der Waals surface area contributed by atoms with Crippen molar-refractivity contribution in [2.75, 3.05) is 0 Å². The Hall–Kier alpha value is -0.910. The summed E-state index contributed by atoms with van der Waals surface area (Å²) >= 11 is 2.13. The molecule has 0 unspecified atom stereocenters. The van der Waals surface area contributed by atoms with Crippen molar-refractivity contribution in [3.8, 4) is 0 Å². The van der Waals surface area contributed by atoms with Gasteiger partial charge in [-0.15, -0.1) is 0 Å². The minimum Gasteiger partial charge on any atom is -0.345 e. The summed E-state index contributed by atoms with van der Waals surface area (Å²) in [6, 6.07) is 3.69. The van der Waals surface area contributed by atoms with Gasteiger partial charge in [-0.05, 0) is 34.7 Å². The fourth-order valence-corrected chi connectivity index (χ4v) is 1.66. The zero-order chi connectivity index (χ0) is 8.55. The molecular weight excluding hydrogens is 267 g/mol. The van der Waals surface area contributed by atoms with Gasteiger partial charge in [0.2, 0.25) is 0 Å². The van der Waals surface area contributed by atoms with E-state index in [4.69, 9.17) is 0 Å². The highest BCUT2D eigenvalue weighted by Gasteiger charge is 2.02. The number of aromatic nitrogens is 2. The fraction of sp³-hybridized carbons (Fsp3) is 0. The second-order valence-corrected chi connectivity index (χ2v) is 3.57. The maximum Gasteiger partial charge on any atom is 0.151 e. The van der Waals surface area contributed by atoms with Gasteiger partial charge in [-0.25, -0.2) is 4.98 Å². The van der Waals surface area contributed by atoms with Crippen LogP contribution in [0, 0.1) is 3.57 Å². The molecule has 0 saturated carbocycles. The highest BCUT2D eigenvalue weighted by molar-refractivity contribution is 14.1. The predicted molar refractivity (Wildman–Crippen MR) is 54.2 cm³/mol. The van der Waals surface area contributed by atoms with E-state index in [1.807, 2.05) is 6.07 Å². The molecule has 3 nitrogen and oxygen atoms in total. The van der Waals surface area contributed by atoms with E-state index in [0.717, 1.165) is 20.9 Å². The summed E-state index contributed by atoms with van der Waals surface area (Å²) in [6.45, 7) is 0. The van der Waals surface area contributed by atoms with Crippen molar-refractivity contribution >= 4 is 39.9 Å². The standard InChI is InChI=1S/C8H5IN2O/c9-6-2-8-7(10-4-11-8)1-5(6)3-12/h1-4H,(H,10,11). The van der Waals surface area contributed by atoms with Gasteiger partial charge < -0.3 is 4.98 Å². The molecule has 0 aliphatic carbocycles. The molecule has 1 N–H and O–H groups in total. The zero-order valence-electron chi connectivity index (χ0n) is 6.04. The largest absolute Gasteiger partial charge is 0.345 e. The number of aldehydes is 1. The number of halogens is 1. The fourth-order valence-electron chi connectivity index (χ4n) is 1.06. The number of nitrogens with one attached hydrogen (secondary N) is 1. The smallest absolute Gasteiger partial charge is 0.151 e. The van der Waals surface area contributed by atoms with Crippen LogP contribution in [-0.2, 0) is 0 Å². The summed E-state index contributed by atoms with van der Waals surface area (Å²) in [5.74, 6) is 0. The Kier molecular flexibility index (Phi) is 1.84. The van der Waals surface area contributed by atoms with Gasteiger partial charge in [-0.2, -0.15) is 0 Å². The summed E-state index contributed by atoms with van der Waals surface area (Å²) in [4.78, 5) is 17.6. The number of aromatic amines is 1. The van der Waals surface area contributed by atoms with Crippen LogP contribution in [0.1, 0.15) is 10.4 Å². The monoisotopic (exact) mass is 272 g/mol. The lowest BCUT2D eigenvalue weighted by Gasteiger charge is -1.94. The average Bonchev–Trinajstić information content (AvgIpc) is 2.49. The molecule has 0 atom stereocenters. The van der Waals surface area contributed by atoms with Gasteiger partial charge in [0, 0.05) is 9.13 Å². The predicted octanol–water partition coefficient (Wildman–Crippen LogP) is 1.98. The number of rotatable bonds is 1. The molecule has 0 fully saturated rings. The first kappa shape index (κ1) is 7.72. The number of nitrogens with zero attached hydrogens (tertiary/aromatic N) is 1. The molecule has 1 heterocycles. The van der Waals surface area contributed by atoms with Gasteiger partial charge in [0.1, 0.15) is 0 Å². The second-order valence-electron chi connectivity index (χ2n) is 2.41. The van der Waals surface area contributed by atoms with Gasteiger partial charge in [0.15, 0.2) is 6.29 Å². The highest BCUT2D eigenvalue weighted by atomic mass is 127. The van der Waals surface area contributed by atoms with Crippen LogP contribution in [0.3, 0.4) is 0 Å². The van der Waals surface area contributed by atoms with Crippen molar-refractivity contribution in [1.29, 1.82) is 0 Å². The topological polar surface area (TPSA) is 45.8 Å². The van der Waals surface area contributed by atoms with Crippen LogP contribution in [0.15, 0.2) is 18.5 Å². The van der Waals surface area contributed by atoms with Crippen LogP contribution in [0.2, 0.25) is 0 Å². The molecule has 0 bridgehead atoms. The molecular formula is C8H5IN2O. The number of imidazole rings is 1. The minimum atomic E-state index is 0.690. The summed E-state index contributed by atoms with van der Waals surface area (Å²) in [5, 5.41) is 0. The maximum absolute atomic E-state index is 10.6. The Morgan fingerprint density at radius 1 is 1.50 bits per heavy atom. The van der Waals surface area contributed by atoms with Crippen molar-refractivity contribution in [2.45, 2.75) is 0 Å². The van der Waals surface area contributed by atoms with Crippen molar-refractivity contribution in [2.24, 2.45) is 0 Å². The Morgan fingerprint density at radius 2 is 2.33 bits per heavy atom. The van der Waals surface area contributed by atoms with Crippen molar-refractivity contribution in [3.05, 3.63) is 27.6 Å².